The molecule has 0 bridgehead atoms. The fraction of sp³-hybridized carbons (Fsp3) is 0.200. The lowest BCUT2D eigenvalue weighted by Crippen LogP contribution is -2.24. The normalized spacial score (nSPS) is 14.2. The Hall–Kier alpha value is -1.25. The first-order valence-electron chi connectivity index (χ1n) is 5.64. The maximum atomic E-state index is 10.4. The summed E-state index contributed by atoms with van der Waals surface area (Å²) < 4.78 is 0. The maximum Gasteiger partial charge on any atom is 0.0962 e. The van der Waals surface area contributed by atoms with Crippen LogP contribution in [0.1, 0.15) is 12.5 Å². The van der Waals surface area contributed by atoms with Gasteiger partial charge in [0.15, 0.2) is 0 Å². The van der Waals surface area contributed by atoms with Crippen molar-refractivity contribution < 1.29 is 5.11 Å². The highest BCUT2D eigenvalue weighted by Crippen LogP contribution is 2.28. The van der Waals surface area contributed by atoms with Gasteiger partial charge in [-0.25, -0.2) is 0 Å². The quantitative estimate of drug-likeness (QED) is 0.828. The molecule has 2 heteroatoms. The highest BCUT2D eigenvalue weighted by atomic mass is 32.2. The molecule has 0 radical (unpaired) electrons. The highest BCUT2D eigenvalue weighted by Gasteiger charge is 2.22. The molecule has 2 aromatic carbocycles. The molecular weight excluding hydrogens is 228 g/mol. The van der Waals surface area contributed by atoms with Crippen LogP contribution >= 0.6 is 11.8 Å². The summed E-state index contributed by atoms with van der Waals surface area (Å²) in [7, 11) is 0. The molecule has 1 N–H and O–H groups in total. The van der Waals surface area contributed by atoms with Crippen LogP contribution in [-0.2, 0) is 5.60 Å². The molecule has 88 valence electrons. The van der Waals surface area contributed by atoms with Crippen LogP contribution in [0, 0.1) is 0 Å². The summed E-state index contributed by atoms with van der Waals surface area (Å²) in [5, 5.41) is 10.4. The van der Waals surface area contributed by atoms with E-state index in [0.717, 1.165) is 5.56 Å². The number of rotatable bonds is 4. The second-order valence-electron chi connectivity index (χ2n) is 4.24. The first kappa shape index (κ1) is 12.2. The van der Waals surface area contributed by atoms with Crippen molar-refractivity contribution in [3.63, 3.8) is 0 Å². The summed E-state index contributed by atoms with van der Waals surface area (Å²) in [4.78, 5) is 1.18. The maximum absolute atomic E-state index is 10.4. The van der Waals surface area contributed by atoms with Crippen LogP contribution in [0.4, 0.5) is 0 Å². The van der Waals surface area contributed by atoms with Gasteiger partial charge in [-0.05, 0) is 24.6 Å². The van der Waals surface area contributed by atoms with Crippen LogP contribution in [0.2, 0.25) is 0 Å². The molecule has 2 rings (SSSR count). The van der Waals surface area contributed by atoms with E-state index in [2.05, 4.69) is 12.1 Å². The Morgan fingerprint density at radius 3 is 2.06 bits per heavy atom. The summed E-state index contributed by atoms with van der Waals surface area (Å²) in [5.74, 6) is 0.654. The van der Waals surface area contributed by atoms with Gasteiger partial charge in [0, 0.05) is 10.6 Å². The SMILES string of the molecule is C[C@@](O)(CSc1ccccc1)c1ccccc1. The van der Waals surface area contributed by atoms with Crippen LogP contribution in [0.3, 0.4) is 0 Å². The van der Waals surface area contributed by atoms with E-state index in [1.165, 1.54) is 4.90 Å². The molecule has 1 atom stereocenters. The molecule has 0 spiro atoms. The number of hydrogen-bond acceptors (Lipinski definition) is 2. The van der Waals surface area contributed by atoms with E-state index < -0.39 is 5.60 Å². The van der Waals surface area contributed by atoms with E-state index >= 15 is 0 Å². The third kappa shape index (κ3) is 3.35. The molecule has 0 saturated heterocycles. The minimum Gasteiger partial charge on any atom is -0.385 e. The largest absolute Gasteiger partial charge is 0.385 e. The van der Waals surface area contributed by atoms with Crippen molar-refractivity contribution >= 4 is 11.8 Å². The van der Waals surface area contributed by atoms with Crippen molar-refractivity contribution in [3.05, 3.63) is 66.2 Å². The molecule has 0 aliphatic carbocycles. The predicted octanol–water partition coefficient (Wildman–Crippen LogP) is 3.69. The van der Waals surface area contributed by atoms with Gasteiger partial charge in [-0.15, -0.1) is 11.8 Å². The Morgan fingerprint density at radius 2 is 1.47 bits per heavy atom. The topological polar surface area (TPSA) is 20.2 Å². The van der Waals surface area contributed by atoms with Crippen molar-refractivity contribution in [2.24, 2.45) is 0 Å². The summed E-state index contributed by atoms with van der Waals surface area (Å²) in [6, 6.07) is 19.9. The number of hydrogen-bond donors (Lipinski definition) is 1. The summed E-state index contributed by atoms with van der Waals surface area (Å²) >= 11 is 1.67. The molecule has 0 fully saturated rings. The van der Waals surface area contributed by atoms with Gasteiger partial charge in [-0.1, -0.05) is 48.5 Å². The van der Waals surface area contributed by atoms with Crippen molar-refractivity contribution in [3.8, 4) is 0 Å². The van der Waals surface area contributed by atoms with Gasteiger partial charge >= 0.3 is 0 Å². The Bertz CT molecular complexity index is 451. The molecule has 0 aromatic heterocycles. The standard InChI is InChI=1S/C15H16OS/c1-15(16,13-8-4-2-5-9-13)12-17-14-10-6-3-7-11-14/h2-11,16H,12H2,1H3/t15-/m1/s1. The Labute approximate surface area is 107 Å². The van der Waals surface area contributed by atoms with Gasteiger partial charge in [0.25, 0.3) is 0 Å². The summed E-state index contributed by atoms with van der Waals surface area (Å²) in [6.07, 6.45) is 0. The van der Waals surface area contributed by atoms with Crippen molar-refractivity contribution in [2.75, 3.05) is 5.75 Å². The van der Waals surface area contributed by atoms with E-state index in [1.807, 2.05) is 55.5 Å². The first-order valence-corrected chi connectivity index (χ1v) is 6.63. The molecule has 0 unspecified atom stereocenters. The molecule has 1 nitrogen and oxygen atoms in total. The van der Waals surface area contributed by atoms with Gasteiger partial charge in [-0.2, -0.15) is 0 Å². The van der Waals surface area contributed by atoms with Crippen LogP contribution in [0.15, 0.2) is 65.6 Å². The molecule has 0 heterocycles. The number of benzene rings is 2. The van der Waals surface area contributed by atoms with Gasteiger partial charge in [0.05, 0.1) is 5.60 Å². The van der Waals surface area contributed by atoms with E-state index in [-0.39, 0.29) is 0 Å². The summed E-state index contributed by atoms with van der Waals surface area (Å²) in [5.41, 5.74) is 0.172. The molecule has 0 saturated carbocycles. The van der Waals surface area contributed by atoms with Gasteiger partial charge < -0.3 is 5.11 Å². The van der Waals surface area contributed by atoms with Crippen molar-refractivity contribution in [1.29, 1.82) is 0 Å². The second kappa shape index (κ2) is 5.39. The van der Waals surface area contributed by atoms with E-state index in [0.29, 0.717) is 5.75 Å². The minimum absolute atomic E-state index is 0.654. The predicted molar refractivity (Wildman–Crippen MR) is 73.2 cm³/mol. The zero-order chi connectivity index (χ0) is 12.1. The number of aliphatic hydroxyl groups is 1. The lowest BCUT2D eigenvalue weighted by molar-refractivity contribution is 0.0839. The van der Waals surface area contributed by atoms with Crippen molar-refractivity contribution in [2.45, 2.75) is 17.4 Å². The molecule has 17 heavy (non-hydrogen) atoms. The lowest BCUT2D eigenvalue weighted by atomic mass is 9.99. The zero-order valence-electron chi connectivity index (χ0n) is 9.84. The number of thioether (sulfide) groups is 1. The van der Waals surface area contributed by atoms with Crippen LogP contribution in [0.25, 0.3) is 0 Å². The van der Waals surface area contributed by atoms with E-state index in [4.69, 9.17) is 0 Å². The Balaban J connectivity index is 2.03. The van der Waals surface area contributed by atoms with E-state index in [9.17, 15) is 5.11 Å². The Morgan fingerprint density at radius 1 is 0.941 bits per heavy atom. The van der Waals surface area contributed by atoms with Crippen LogP contribution < -0.4 is 0 Å². The first-order chi connectivity index (χ1) is 8.18. The molecular formula is C15H16OS. The smallest absolute Gasteiger partial charge is 0.0962 e. The molecule has 0 amide bonds. The van der Waals surface area contributed by atoms with Gasteiger partial charge in [-0.3, -0.25) is 0 Å². The monoisotopic (exact) mass is 244 g/mol. The third-order valence-corrected chi connectivity index (χ3v) is 3.97. The minimum atomic E-state index is -0.790. The highest BCUT2D eigenvalue weighted by molar-refractivity contribution is 7.99. The average Bonchev–Trinajstić information content (AvgIpc) is 2.39. The van der Waals surface area contributed by atoms with Crippen LogP contribution in [0.5, 0.6) is 0 Å². The second-order valence-corrected chi connectivity index (χ2v) is 5.29. The third-order valence-electron chi connectivity index (χ3n) is 2.66. The zero-order valence-corrected chi connectivity index (χ0v) is 10.7. The Kier molecular flexibility index (Phi) is 3.87. The molecule has 0 aliphatic rings. The summed E-state index contributed by atoms with van der Waals surface area (Å²) in [6.45, 7) is 1.86. The van der Waals surface area contributed by atoms with Crippen molar-refractivity contribution in [1.82, 2.24) is 0 Å². The fourth-order valence-electron chi connectivity index (χ4n) is 1.62. The lowest BCUT2D eigenvalue weighted by Gasteiger charge is -2.23. The fourth-order valence-corrected chi connectivity index (χ4v) is 2.59. The average molecular weight is 244 g/mol. The van der Waals surface area contributed by atoms with Gasteiger partial charge in [0.1, 0.15) is 0 Å². The molecule has 0 aliphatic heterocycles. The van der Waals surface area contributed by atoms with Gasteiger partial charge in [0.2, 0.25) is 0 Å². The van der Waals surface area contributed by atoms with E-state index in [1.54, 1.807) is 11.8 Å². The molecule has 2 aromatic rings. The van der Waals surface area contributed by atoms with Crippen LogP contribution in [-0.4, -0.2) is 10.9 Å².